The number of nitrogens with zero attached hydrogens (tertiary/aromatic N) is 2. The smallest absolute Gasteiger partial charge is 0.289 e. The number of hydrogen-bond donors (Lipinski definition) is 2. The van der Waals surface area contributed by atoms with Gasteiger partial charge in [-0.05, 0) is 30.7 Å². The van der Waals surface area contributed by atoms with Crippen LogP contribution in [-0.4, -0.2) is 34.9 Å². The van der Waals surface area contributed by atoms with Gasteiger partial charge in [-0.3, -0.25) is 4.79 Å². The van der Waals surface area contributed by atoms with Crippen molar-refractivity contribution in [3.8, 4) is 0 Å². The van der Waals surface area contributed by atoms with Crippen molar-refractivity contribution < 1.29 is 14.4 Å². The highest BCUT2D eigenvalue weighted by atomic mass is 35.5. The van der Waals surface area contributed by atoms with Crippen molar-refractivity contribution in [1.82, 2.24) is 4.90 Å². The third-order valence-corrected chi connectivity index (χ3v) is 2.77. The third-order valence-electron chi connectivity index (χ3n) is 2.57. The van der Waals surface area contributed by atoms with Crippen LogP contribution in [0.4, 0.5) is 0 Å². The molecule has 0 radical (unpaired) electrons. The predicted octanol–water partition coefficient (Wildman–Crippen LogP) is 1.78. The lowest BCUT2D eigenvalue weighted by molar-refractivity contribution is 0.0722. The normalized spacial score (nSPS) is 13.4. The van der Waals surface area contributed by atoms with Crippen LogP contribution >= 0.6 is 11.6 Å². The van der Waals surface area contributed by atoms with Crippen LogP contribution in [0.5, 0.6) is 0 Å². The molecule has 1 amide bonds. The van der Waals surface area contributed by atoms with Gasteiger partial charge < -0.3 is 20.3 Å². The first-order valence-electron chi connectivity index (χ1n) is 5.51. The molecule has 1 unspecified atom stereocenters. The highest BCUT2D eigenvalue weighted by molar-refractivity contribution is 6.29. The zero-order chi connectivity index (χ0) is 13.7. The molecule has 0 saturated heterocycles. The van der Waals surface area contributed by atoms with E-state index in [1.54, 1.807) is 6.92 Å². The topological polar surface area (TPSA) is 92.1 Å². The van der Waals surface area contributed by atoms with Gasteiger partial charge in [-0.15, -0.1) is 0 Å². The molecule has 1 rings (SSSR count). The summed E-state index contributed by atoms with van der Waals surface area (Å²) in [6, 6.07) is 3.02. The largest absolute Gasteiger partial charge is 0.440 e. The fraction of sp³-hybridized carbons (Fsp3) is 0.455. The summed E-state index contributed by atoms with van der Waals surface area (Å²) in [5.41, 5.74) is 5.48. The van der Waals surface area contributed by atoms with E-state index in [1.807, 2.05) is 6.92 Å². The Bertz CT molecular complexity index is 444. The van der Waals surface area contributed by atoms with Crippen molar-refractivity contribution in [3.63, 3.8) is 0 Å². The Balaban J connectivity index is 2.75. The summed E-state index contributed by atoms with van der Waals surface area (Å²) in [4.78, 5) is 13.6. The van der Waals surface area contributed by atoms with E-state index in [-0.39, 0.29) is 28.6 Å². The van der Waals surface area contributed by atoms with Crippen LogP contribution in [0.3, 0.4) is 0 Å². The van der Waals surface area contributed by atoms with Crippen LogP contribution in [-0.2, 0) is 0 Å². The fourth-order valence-electron chi connectivity index (χ4n) is 1.46. The minimum absolute atomic E-state index is 0.0822. The van der Waals surface area contributed by atoms with Gasteiger partial charge in [-0.2, -0.15) is 0 Å². The van der Waals surface area contributed by atoms with Gasteiger partial charge >= 0.3 is 0 Å². The van der Waals surface area contributed by atoms with Gasteiger partial charge in [0.25, 0.3) is 5.91 Å². The molecule has 0 fully saturated rings. The van der Waals surface area contributed by atoms with Gasteiger partial charge in [-0.25, -0.2) is 0 Å². The molecule has 7 heteroatoms. The fourth-order valence-corrected chi connectivity index (χ4v) is 1.61. The van der Waals surface area contributed by atoms with Crippen molar-refractivity contribution in [3.05, 3.63) is 23.1 Å². The number of rotatable bonds is 5. The monoisotopic (exact) mass is 273 g/mol. The Morgan fingerprint density at radius 3 is 2.78 bits per heavy atom. The van der Waals surface area contributed by atoms with Gasteiger partial charge in [0.1, 0.15) is 5.84 Å². The van der Waals surface area contributed by atoms with Gasteiger partial charge in [0.05, 0.1) is 0 Å². The molecule has 0 spiro atoms. The van der Waals surface area contributed by atoms with Crippen LogP contribution < -0.4 is 5.73 Å². The van der Waals surface area contributed by atoms with Gasteiger partial charge in [0, 0.05) is 19.0 Å². The van der Waals surface area contributed by atoms with E-state index in [4.69, 9.17) is 27.0 Å². The lowest BCUT2D eigenvalue weighted by Crippen LogP contribution is -2.38. The van der Waals surface area contributed by atoms with Gasteiger partial charge in [0.15, 0.2) is 11.0 Å². The zero-order valence-electron chi connectivity index (χ0n) is 10.3. The second-order valence-corrected chi connectivity index (χ2v) is 4.25. The molecule has 0 saturated carbocycles. The molecule has 0 aromatic carbocycles. The first-order chi connectivity index (χ1) is 8.49. The molecular weight excluding hydrogens is 258 g/mol. The molecule has 18 heavy (non-hydrogen) atoms. The van der Waals surface area contributed by atoms with Crippen LogP contribution in [0.15, 0.2) is 21.7 Å². The molecule has 1 aromatic heterocycles. The average molecular weight is 274 g/mol. The molecule has 1 heterocycles. The second kappa shape index (κ2) is 6.30. The molecular formula is C11H16ClN3O3. The SMILES string of the molecule is CCN(CC(C)/C(N)=N/O)C(=O)c1ccc(Cl)o1. The standard InChI is InChI=1S/C11H16ClN3O3/c1-3-15(6-7(2)10(13)14-17)11(16)8-4-5-9(12)18-8/h4-5,7,17H,3,6H2,1-2H3,(H2,13,14). The second-order valence-electron chi connectivity index (χ2n) is 3.87. The first-order valence-corrected chi connectivity index (χ1v) is 5.89. The number of amidine groups is 1. The first kappa shape index (κ1) is 14.4. The lowest BCUT2D eigenvalue weighted by atomic mass is 10.1. The maximum atomic E-state index is 12.1. The zero-order valence-corrected chi connectivity index (χ0v) is 11.0. The summed E-state index contributed by atoms with van der Waals surface area (Å²) in [5, 5.41) is 11.7. The number of furan rings is 1. The van der Waals surface area contributed by atoms with E-state index in [0.29, 0.717) is 13.1 Å². The number of nitrogens with two attached hydrogens (primary N) is 1. The molecule has 1 aromatic rings. The minimum Gasteiger partial charge on any atom is -0.440 e. The summed E-state index contributed by atoms with van der Waals surface area (Å²) >= 11 is 5.62. The predicted molar refractivity (Wildman–Crippen MR) is 67.9 cm³/mol. The molecule has 0 bridgehead atoms. The molecule has 0 aliphatic heterocycles. The number of oxime groups is 1. The minimum atomic E-state index is -0.276. The summed E-state index contributed by atoms with van der Waals surface area (Å²) in [5.74, 6) is -0.265. The van der Waals surface area contributed by atoms with Crippen molar-refractivity contribution in [2.24, 2.45) is 16.8 Å². The summed E-state index contributed by atoms with van der Waals surface area (Å²) in [7, 11) is 0. The highest BCUT2D eigenvalue weighted by Gasteiger charge is 2.21. The Hall–Kier alpha value is -1.69. The Kier molecular flexibility index (Phi) is 5.03. The van der Waals surface area contributed by atoms with E-state index < -0.39 is 0 Å². The Morgan fingerprint density at radius 1 is 1.67 bits per heavy atom. The maximum absolute atomic E-state index is 12.1. The van der Waals surface area contributed by atoms with E-state index in [9.17, 15) is 4.79 Å². The van der Waals surface area contributed by atoms with E-state index in [0.717, 1.165) is 0 Å². The quantitative estimate of drug-likeness (QED) is 0.370. The Morgan fingerprint density at radius 2 is 2.33 bits per heavy atom. The number of amides is 1. The molecule has 6 nitrogen and oxygen atoms in total. The third kappa shape index (κ3) is 3.40. The lowest BCUT2D eigenvalue weighted by Gasteiger charge is -2.22. The average Bonchev–Trinajstić information content (AvgIpc) is 2.80. The number of hydrogen-bond acceptors (Lipinski definition) is 4. The number of carbonyl (C=O) groups excluding carboxylic acids is 1. The molecule has 0 aliphatic carbocycles. The molecule has 0 aliphatic rings. The van der Waals surface area contributed by atoms with Crippen molar-refractivity contribution in [2.75, 3.05) is 13.1 Å². The number of carbonyl (C=O) groups is 1. The highest BCUT2D eigenvalue weighted by Crippen LogP contribution is 2.15. The summed E-state index contributed by atoms with van der Waals surface area (Å²) < 4.78 is 5.06. The van der Waals surface area contributed by atoms with Crippen LogP contribution in [0.25, 0.3) is 0 Å². The molecule has 1 atom stereocenters. The van der Waals surface area contributed by atoms with Crippen molar-refractivity contribution in [2.45, 2.75) is 13.8 Å². The maximum Gasteiger partial charge on any atom is 0.289 e. The van der Waals surface area contributed by atoms with E-state index in [2.05, 4.69) is 5.16 Å². The Labute approximate surface area is 110 Å². The van der Waals surface area contributed by atoms with Gasteiger partial charge in [0.2, 0.25) is 0 Å². The summed E-state index contributed by atoms with van der Waals surface area (Å²) in [6.45, 7) is 4.42. The van der Waals surface area contributed by atoms with Crippen LogP contribution in [0.1, 0.15) is 24.4 Å². The molecule has 100 valence electrons. The van der Waals surface area contributed by atoms with E-state index >= 15 is 0 Å². The van der Waals surface area contributed by atoms with Crippen molar-refractivity contribution in [1.29, 1.82) is 0 Å². The number of halogens is 1. The van der Waals surface area contributed by atoms with Crippen LogP contribution in [0.2, 0.25) is 5.22 Å². The van der Waals surface area contributed by atoms with Gasteiger partial charge in [-0.1, -0.05) is 12.1 Å². The summed E-state index contributed by atoms with van der Waals surface area (Å²) in [6.07, 6.45) is 0. The van der Waals surface area contributed by atoms with E-state index in [1.165, 1.54) is 17.0 Å². The van der Waals surface area contributed by atoms with Crippen LogP contribution in [0, 0.1) is 5.92 Å². The van der Waals surface area contributed by atoms with Crippen molar-refractivity contribution >= 4 is 23.3 Å². The molecule has 3 N–H and O–H groups in total.